The van der Waals surface area contributed by atoms with Crippen molar-refractivity contribution in [1.29, 1.82) is 0 Å². The van der Waals surface area contributed by atoms with Crippen LogP contribution in [0.3, 0.4) is 0 Å². The zero-order valence-corrected chi connectivity index (χ0v) is 14.8. The lowest BCUT2D eigenvalue weighted by Gasteiger charge is -2.19. The number of imide groups is 1. The third kappa shape index (κ3) is 3.87. The molecule has 0 aromatic heterocycles. The molecule has 1 aliphatic heterocycles. The molecule has 138 valence electrons. The molecule has 0 radical (unpaired) electrons. The van der Waals surface area contributed by atoms with Crippen LogP contribution in [0.15, 0.2) is 54.6 Å². The van der Waals surface area contributed by atoms with Crippen molar-refractivity contribution >= 4 is 23.6 Å². The maximum absolute atomic E-state index is 12.4. The molecule has 0 saturated carbocycles. The van der Waals surface area contributed by atoms with Crippen molar-refractivity contribution in [3.63, 3.8) is 0 Å². The molecule has 0 fully saturated rings. The standard InChI is InChI=1S/C20H19N3O4/c1-21-18(25)16(11-13-7-3-2-4-8-13)22-17(24)12-23-19(26)14-9-5-6-10-15(14)20(23)27/h2-10,16H,11-12H2,1H3,(H,21,25)(H,22,24). The molecule has 0 spiro atoms. The van der Waals surface area contributed by atoms with E-state index < -0.39 is 30.3 Å². The number of nitrogens with zero attached hydrogens (tertiary/aromatic N) is 1. The van der Waals surface area contributed by atoms with E-state index in [0.717, 1.165) is 10.5 Å². The number of amides is 4. The smallest absolute Gasteiger partial charge is 0.262 e. The van der Waals surface area contributed by atoms with E-state index in [4.69, 9.17) is 0 Å². The minimum absolute atomic E-state index is 0.280. The quantitative estimate of drug-likeness (QED) is 0.739. The highest BCUT2D eigenvalue weighted by molar-refractivity contribution is 6.22. The fourth-order valence-electron chi connectivity index (χ4n) is 3.00. The van der Waals surface area contributed by atoms with Gasteiger partial charge in [0, 0.05) is 13.5 Å². The second kappa shape index (κ2) is 7.82. The van der Waals surface area contributed by atoms with Crippen molar-refractivity contribution in [1.82, 2.24) is 15.5 Å². The van der Waals surface area contributed by atoms with Crippen LogP contribution in [0.4, 0.5) is 0 Å². The van der Waals surface area contributed by atoms with Crippen LogP contribution >= 0.6 is 0 Å². The van der Waals surface area contributed by atoms with Crippen LogP contribution in [0.25, 0.3) is 0 Å². The molecule has 7 heteroatoms. The molecule has 1 unspecified atom stereocenters. The molecule has 4 amide bonds. The summed E-state index contributed by atoms with van der Waals surface area (Å²) in [5.41, 5.74) is 1.44. The molecule has 0 aliphatic carbocycles. The normalized spacial score (nSPS) is 13.9. The van der Waals surface area contributed by atoms with E-state index in [0.29, 0.717) is 6.42 Å². The van der Waals surface area contributed by atoms with Gasteiger partial charge in [0.05, 0.1) is 11.1 Å². The van der Waals surface area contributed by atoms with Crippen LogP contribution in [-0.4, -0.2) is 48.2 Å². The Balaban J connectivity index is 1.69. The molecule has 1 atom stereocenters. The van der Waals surface area contributed by atoms with Crippen molar-refractivity contribution in [2.75, 3.05) is 13.6 Å². The van der Waals surface area contributed by atoms with Gasteiger partial charge in [-0.1, -0.05) is 42.5 Å². The number of benzene rings is 2. The van der Waals surface area contributed by atoms with Gasteiger partial charge in [-0.05, 0) is 17.7 Å². The Labute approximate surface area is 156 Å². The molecule has 2 aromatic carbocycles. The summed E-state index contributed by atoms with van der Waals surface area (Å²) in [5, 5.41) is 5.13. The first kappa shape index (κ1) is 18.3. The molecular weight excluding hydrogens is 346 g/mol. The highest BCUT2D eigenvalue weighted by atomic mass is 16.2. The van der Waals surface area contributed by atoms with Gasteiger partial charge in [0.1, 0.15) is 12.6 Å². The van der Waals surface area contributed by atoms with Gasteiger partial charge >= 0.3 is 0 Å². The van der Waals surface area contributed by atoms with E-state index in [1.165, 1.54) is 7.05 Å². The van der Waals surface area contributed by atoms with Gasteiger partial charge in [0.25, 0.3) is 11.8 Å². The number of likely N-dealkylation sites (N-methyl/N-ethyl adjacent to an activating group) is 1. The second-order valence-corrected chi connectivity index (χ2v) is 6.17. The highest BCUT2D eigenvalue weighted by Crippen LogP contribution is 2.21. The topological polar surface area (TPSA) is 95.6 Å². The molecule has 0 saturated heterocycles. The first-order valence-corrected chi connectivity index (χ1v) is 8.51. The van der Waals surface area contributed by atoms with Crippen LogP contribution in [0.2, 0.25) is 0 Å². The predicted molar refractivity (Wildman–Crippen MR) is 98.0 cm³/mol. The summed E-state index contributed by atoms with van der Waals surface area (Å²) >= 11 is 0. The molecule has 2 aromatic rings. The van der Waals surface area contributed by atoms with Crippen molar-refractivity contribution in [2.45, 2.75) is 12.5 Å². The van der Waals surface area contributed by atoms with Crippen molar-refractivity contribution < 1.29 is 19.2 Å². The van der Waals surface area contributed by atoms with Crippen molar-refractivity contribution in [2.24, 2.45) is 0 Å². The molecule has 3 rings (SSSR count). The minimum atomic E-state index is -0.805. The third-order valence-corrected chi connectivity index (χ3v) is 4.36. The van der Waals surface area contributed by atoms with Gasteiger partial charge in [-0.3, -0.25) is 24.1 Å². The minimum Gasteiger partial charge on any atom is -0.357 e. The lowest BCUT2D eigenvalue weighted by Crippen LogP contribution is -2.50. The number of hydrogen-bond acceptors (Lipinski definition) is 4. The molecule has 7 nitrogen and oxygen atoms in total. The SMILES string of the molecule is CNC(=O)C(Cc1ccccc1)NC(=O)CN1C(=O)c2ccccc2C1=O. The van der Waals surface area contributed by atoms with Crippen molar-refractivity contribution in [3.8, 4) is 0 Å². The Morgan fingerprint density at radius 3 is 2.04 bits per heavy atom. The number of carbonyl (C=O) groups is 4. The summed E-state index contributed by atoms with van der Waals surface area (Å²) in [6.45, 7) is -0.436. The van der Waals surface area contributed by atoms with E-state index in [2.05, 4.69) is 10.6 Å². The summed E-state index contributed by atoms with van der Waals surface area (Å²) in [6, 6.07) is 14.9. The second-order valence-electron chi connectivity index (χ2n) is 6.17. The molecule has 27 heavy (non-hydrogen) atoms. The summed E-state index contributed by atoms with van der Waals surface area (Å²) in [5.74, 6) is -1.95. The number of rotatable bonds is 6. The molecule has 0 bridgehead atoms. The number of fused-ring (bicyclic) bond motifs is 1. The van der Waals surface area contributed by atoms with Crippen LogP contribution in [0.1, 0.15) is 26.3 Å². The average Bonchev–Trinajstić information content (AvgIpc) is 2.93. The lowest BCUT2D eigenvalue weighted by molar-refractivity contribution is -0.128. The Hall–Kier alpha value is -3.48. The van der Waals surface area contributed by atoms with Gasteiger partial charge in [-0.2, -0.15) is 0 Å². The van der Waals surface area contributed by atoms with Gasteiger partial charge < -0.3 is 10.6 Å². The Morgan fingerprint density at radius 2 is 1.48 bits per heavy atom. The maximum Gasteiger partial charge on any atom is 0.262 e. The summed E-state index contributed by atoms with van der Waals surface area (Å²) in [7, 11) is 1.48. The van der Waals surface area contributed by atoms with Gasteiger partial charge in [0.15, 0.2) is 0 Å². The van der Waals surface area contributed by atoms with E-state index in [1.807, 2.05) is 30.3 Å². The maximum atomic E-state index is 12.4. The summed E-state index contributed by atoms with van der Waals surface area (Å²) < 4.78 is 0. The Morgan fingerprint density at radius 1 is 0.926 bits per heavy atom. The molecule has 1 heterocycles. The van der Waals surface area contributed by atoms with Gasteiger partial charge in [-0.15, -0.1) is 0 Å². The first-order valence-electron chi connectivity index (χ1n) is 8.51. The summed E-state index contributed by atoms with van der Waals surface area (Å²) in [6.07, 6.45) is 0.300. The fourth-order valence-corrected chi connectivity index (χ4v) is 3.00. The van der Waals surface area contributed by atoms with Crippen LogP contribution < -0.4 is 10.6 Å². The van der Waals surface area contributed by atoms with Gasteiger partial charge in [0.2, 0.25) is 11.8 Å². The largest absolute Gasteiger partial charge is 0.357 e. The molecule has 2 N–H and O–H groups in total. The predicted octanol–water partition coefficient (Wildman–Crippen LogP) is 0.756. The number of hydrogen-bond donors (Lipinski definition) is 2. The number of nitrogens with one attached hydrogen (secondary N) is 2. The first-order chi connectivity index (χ1) is 13.0. The van der Waals surface area contributed by atoms with Crippen LogP contribution in [0, 0.1) is 0 Å². The average molecular weight is 365 g/mol. The zero-order valence-electron chi connectivity index (χ0n) is 14.8. The zero-order chi connectivity index (χ0) is 19.4. The number of carbonyl (C=O) groups excluding carboxylic acids is 4. The fraction of sp³-hybridized carbons (Fsp3) is 0.200. The van der Waals surface area contributed by atoms with Crippen molar-refractivity contribution in [3.05, 3.63) is 71.3 Å². The highest BCUT2D eigenvalue weighted by Gasteiger charge is 2.36. The Kier molecular flexibility index (Phi) is 5.30. The monoisotopic (exact) mass is 365 g/mol. The lowest BCUT2D eigenvalue weighted by atomic mass is 10.1. The Bertz CT molecular complexity index is 860. The summed E-state index contributed by atoms with van der Waals surface area (Å²) in [4.78, 5) is 50.2. The van der Waals surface area contributed by atoms with Crippen LogP contribution in [-0.2, 0) is 16.0 Å². The van der Waals surface area contributed by atoms with E-state index in [9.17, 15) is 19.2 Å². The van der Waals surface area contributed by atoms with Crippen LogP contribution in [0.5, 0.6) is 0 Å². The molecular formula is C20H19N3O4. The molecule has 1 aliphatic rings. The van der Waals surface area contributed by atoms with E-state index in [1.54, 1.807) is 24.3 Å². The third-order valence-electron chi connectivity index (χ3n) is 4.36. The van der Waals surface area contributed by atoms with E-state index in [-0.39, 0.29) is 17.0 Å². The van der Waals surface area contributed by atoms with Gasteiger partial charge in [-0.25, -0.2) is 0 Å². The van der Waals surface area contributed by atoms with E-state index >= 15 is 0 Å².